The van der Waals surface area contributed by atoms with Crippen molar-refractivity contribution in [3.05, 3.63) is 65.0 Å². The fraction of sp³-hybridized carbons (Fsp3) is 0.435. The molecule has 1 amide bonds. The Morgan fingerprint density at radius 1 is 1.10 bits per heavy atom. The Hall–Kier alpha value is -1.90. The van der Waals surface area contributed by atoms with Crippen LogP contribution in [0.15, 0.2) is 47.4 Å². The fourth-order valence-electron chi connectivity index (χ4n) is 3.57. The van der Waals surface area contributed by atoms with Crippen molar-refractivity contribution in [1.29, 1.82) is 0 Å². The first-order valence-corrected chi connectivity index (χ1v) is 13.2. The van der Waals surface area contributed by atoms with E-state index in [-0.39, 0.29) is 16.6 Å². The monoisotopic (exact) mass is 464 g/mol. The van der Waals surface area contributed by atoms with Crippen molar-refractivity contribution in [2.75, 3.05) is 25.4 Å². The average molecular weight is 465 g/mol. The molecule has 0 unspecified atom stereocenters. The molecule has 5 nitrogen and oxygen atoms in total. The summed E-state index contributed by atoms with van der Waals surface area (Å²) < 4.78 is 41.3. The number of amides is 1. The summed E-state index contributed by atoms with van der Waals surface area (Å²) in [7, 11) is -3.61. The van der Waals surface area contributed by atoms with Crippen molar-refractivity contribution < 1.29 is 17.6 Å². The van der Waals surface area contributed by atoms with E-state index in [4.69, 9.17) is 0 Å². The van der Waals surface area contributed by atoms with E-state index >= 15 is 0 Å². The Labute approximate surface area is 188 Å². The topological polar surface area (TPSA) is 66.5 Å². The minimum Gasteiger partial charge on any atom is -0.351 e. The van der Waals surface area contributed by atoms with Gasteiger partial charge in [0.05, 0.1) is 4.90 Å². The molecule has 0 saturated carbocycles. The lowest BCUT2D eigenvalue weighted by Crippen LogP contribution is -2.32. The van der Waals surface area contributed by atoms with Gasteiger partial charge in [0.25, 0.3) is 5.91 Å². The van der Waals surface area contributed by atoms with Crippen molar-refractivity contribution in [3.63, 3.8) is 0 Å². The van der Waals surface area contributed by atoms with E-state index in [1.165, 1.54) is 28.2 Å². The van der Waals surface area contributed by atoms with Gasteiger partial charge in [0.15, 0.2) is 0 Å². The fourth-order valence-corrected chi connectivity index (χ4v) is 5.96. The lowest BCUT2D eigenvalue weighted by molar-refractivity contribution is 0.0955. The average Bonchev–Trinajstić information content (AvgIpc) is 3.05. The zero-order valence-electron chi connectivity index (χ0n) is 17.8. The molecule has 0 spiro atoms. The second-order valence-corrected chi connectivity index (χ2v) is 10.7. The molecular formula is C23H29FN2O3S2. The summed E-state index contributed by atoms with van der Waals surface area (Å²) in [6.07, 6.45) is 3.82. The van der Waals surface area contributed by atoms with Crippen LogP contribution in [0, 0.1) is 12.7 Å². The molecule has 0 atom stereocenters. The van der Waals surface area contributed by atoms with Crippen LogP contribution in [-0.2, 0) is 15.8 Å². The number of hydrogen-bond acceptors (Lipinski definition) is 4. The zero-order chi connectivity index (χ0) is 22.3. The van der Waals surface area contributed by atoms with Crippen molar-refractivity contribution in [3.8, 4) is 0 Å². The first kappa shape index (κ1) is 23.8. The minimum atomic E-state index is -3.61. The van der Waals surface area contributed by atoms with E-state index in [2.05, 4.69) is 5.32 Å². The van der Waals surface area contributed by atoms with Crippen LogP contribution >= 0.6 is 11.8 Å². The normalized spacial score (nSPS) is 15.4. The van der Waals surface area contributed by atoms with Gasteiger partial charge in [-0.3, -0.25) is 4.79 Å². The highest BCUT2D eigenvalue weighted by Gasteiger charge is 2.26. The van der Waals surface area contributed by atoms with Crippen molar-refractivity contribution >= 4 is 27.7 Å². The van der Waals surface area contributed by atoms with Crippen LogP contribution in [-0.4, -0.2) is 44.0 Å². The van der Waals surface area contributed by atoms with Crippen LogP contribution in [0.5, 0.6) is 0 Å². The summed E-state index contributed by atoms with van der Waals surface area (Å²) in [5.41, 5.74) is 1.74. The lowest BCUT2D eigenvalue weighted by atomic mass is 10.1. The molecule has 0 radical (unpaired) electrons. The Morgan fingerprint density at radius 3 is 2.52 bits per heavy atom. The maximum absolute atomic E-state index is 13.6. The lowest BCUT2D eigenvalue weighted by Gasteiger charge is -2.20. The van der Waals surface area contributed by atoms with Crippen LogP contribution in [0.3, 0.4) is 0 Å². The summed E-state index contributed by atoms with van der Waals surface area (Å²) in [6, 6.07) is 11.4. The van der Waals surface area contributed by atoms with Gasteiger partial charge in [-0.15, -0.1) is 0 Å². The van der Waals surface area contributed by atoms with E-state index in [0.29, 0.717) is 42.3 Å². The van der Waals surface area contributed by atoms with Gasteiger partial charge in [-0.2, -0.15) is 16.1 Å². The largest absolute Gasteiger partial charge is 0.351 e. The molecule has 1 saturated heterocycles. The number of hydrogen-bond donors (Lipinski definition) is 1. The first-order valence-electron chi connectivity index (χ1n) is 10.6. The first-order chi connectivity index (χ1) is 14.9. The number of rotatable bonds is 8. The molecule has 1 aliphatic heterocycles. The molecule has 2 aromatic rings. The highest BCUT2D eigenvalue weighted by atomic mass is 32.2. The Balaban J connectivity index is 1.59. The molecule has 0 aliphatic carbocycles. The van der Waals surface area contributed by atoms with Crippen molar-refractivity contribution in [1.82, 2.24) is 9.62 Å². The van der Waals surface area contributed by atoms with Crippen LogP contribution in [0.4, 0.5) is 4.39 Å². The standard InChI is InChI=1S/C23H29FN2O3S2/c1-18-10-11-20(31(28,29)26-13-6-2-3-7-14-26)16-21(18)23(27)25-12-15-30-17-19-8-4-5-9-22(19)24/h4-5,8-11,16H,2-3,6-7,12-15,17H2,1H3,(H,25,27). The van der Waals surface area contributed by atoms with Crippen molar-refractivity contribution in [2.24, 2.45) is 0 Å². The maximum atomic E-state index is 13.6. The third-order valence-electron chi connectivity index (χ3n) is 5.40. The highest BCUT2D eigenvalue weighted by Crippen LogP contribution is 2.23. The van der Waals surface area contributed by atoms with Crippen molar-refractivity contribution in [2.45, 2.75) is 43.3 Å². The second-order valence-electron chi connectivity index (χ2n) is 7.69. The maximum Gasteiger partial charge on any atom is 0.251 e. The third kappa shape index (κ3) is 6.30. The molecule has 1 fully saturated rings. The number of nitrogens with zero attached hydrogens (tertiary/aromatic N) is 1. The van der Waals surface area contributed by atoms with Gasteiger partial charge < -0.3 is 5.32 Å². The third-order valence-corrected chi connectivity index (χ3v) is 8.31. The van der Waals surface area contributed by atoms with Gasteiger partial charge >= 0.3 is 0 Å². The number of carbonyl (C=O) groups excluding carboxylic acids is 1. The molecule has 0 aromatic heterocycles. The molecule has 0 bridgehead atoms. The van der Waals surface area contributed by atoms with Crippen LogP contribution < -0.4 is 5.32 Å². The SMILES string of the molecule is Cc1ccc(S(=O)(=O)N2CCCCCC2)cc1C(=O)NCCSCc1ccccc1F. The van der Waals surface area contributed by atoms with Gasteiger partial charge in [-0.05, 0) is 49.1 Å². The number of aryl methyl sites for hydroxylation is 1. The quantitative estimate of drug-likeness (QED) is 0.590. The van der Waals surface area contributed by atoms with Gasteiger partial charge in [0.2, 0.25) is 10.0 Å². The van der Waals surface area contributed by atoms with E-state index in [9.17, 15) is 17.6 Å². The molecule has 8 heteroatoms. The number of halogens is 1. The number of benzene rings is 2. The number of carbonyl (C=O) groups is 1. The Bertz CT molecular complexity index is 1000. The van der Waals surface area contributed by atoms with E-state index < -0.39 is 10.0 Å². The van der Waals surface area contributed by atoms with Crippen LogP contribution in [0.25, 0.3) is 0 Å². The second kappa shape index (κ2) is 11.1. The highest BCUT2D eigenvalue weighted by molar-refractivity contribution is 7.98. The van der Waals surface area contributed by atoms with E-state index in [1.54, 1.807) is 37.3 Å². The summed E-state index contributed by atoms with van der Waals surface area (Å²) in [5.74, 6) is 0.643. The Morgan fingerprint density at radius 2 is 1.81 bits per heavy atom. The summed E-state index contributed by atoms with van der Waals surface area (Å²) in [6.45, 7) is 3.26. The molecule has 1 heterocycles. The van der Waals surface area contributed by atoms with E-state index in [0.717, 1.165) is 31.2 Å². The van der Waals surface area contributed by atoms with Gasteiger partial charge in [-0.25, -0.2) is 12.8 Å². The molecule has 31 heavy (non-hydrogen) atoms. The molecule has 1 aliphatic rings. The molecule has 3 rings (SSSR count). The molecule has 2 aromatic carbocycles. The zero-order valence-corrected chi connectivity index (χ0v) is 19.4. The Kier molecular flexibility index (Phi) is 8.51. The number of thioether (sulfide) groups is 1. The predicted molar refractivity (Wildman–Crippen MR) is 123 cm³/mol. The molecule has 1 N–H and O–H groups in total. The van der Waals surface area contributed by atoms with Crippen LogP contribution in [0.1, 0.15) is 47.2 Å². The van der Waals surface area contributed by atoms with Gasteiger partial charge in [-0.1, -0.05) is 37.1 Å². The minimum absolute atomic E-state index is 0.166. The summed E-state index contributed by atoms with van der Waals surface area (Å²) in [4.78, 5) is 12.8. The predicted octanol–water partition coefficient (Wildman–Crippen LogP) is 4.36. The molecular weight excluding hydrogens is 435 g/mol. The summed E-state index contributed by atoms with van der Waals surface area (Å²) >= 11 is 1.53. The van der Waals surface area contributed by atoms with Crippen LogP contribution in [0.2, 0.25) is 0 Å². The smallest absolute Gasteiger partial charge is 0.251 e. The molecule has 168 valence electrons. The van der Waals surface area contributed by atoms with E-state index in [1.807, 2.05) is 0 Å². The number of nitrogens with one attached hydrogen (secondary N) is 1. The summed E-state index contributed by atoms with van der Waals surface area (Å²) in [5, 5.41) is 2.85. The van der Waals surface area contributed by atoms with Gasteiger partial charge in [0.1, 0.15) is 5.82 Å². The van der Waals surface area contributed by atoms with Gasteiger partial charge in [0, 0.05) is 36.7 Å². The number of sulfonamides is 1.